The summed E-state index contributed by atoms with van der Waals surface area (Å²) in [5, 5.41) is 0. The summed E-state index contributed by atoms with van der Waals surface area (Å²) in [5.74, 6) is -5.51. The Morgan fingerprint density at radius 3 is 1.47 bits per heavy atom. The topological polar surface area (TPSA) is 0 Å². The molecule has 0 saturated heterocycles. The Morgan fingerprint density at radius 2 is 1.00 bits per heavy atom. The van der Waals surface area contributed by atoms with Crippen LogP contribution in [-0.4, -0.2) is 0 Å². The Morgan fingerprint density at radius 1 is 0.579 bits per heavy atom. The molecule has 5 heteroatoms. The fourth-order valence-electron chi connectivity index (χ4n) is 1.80. The minimum Gasteiger partial charge on any atom is -0.207 e. The lowest BCUT2D eigenvalue weighted by atomic mass is 10.0. The molecule has 0 saturated carbocycles. The van der Waals surface area contributed by atoms with Crippen molar-refractivity contribution >= 4 is 0 Å². The van der Waals surface area contributed by atoms with Crippen LogP contribution in [0.15, 0.2) is 30.3 Å². The zero-order valence-corrected chi connectivity index (χ0v) is 9.69. The molecule has 19 heavy (non-hydrogen) atoms. The third kappa shape index (κ3) is 3.30. The van der Waals surface area contributed by atoms with Gasteiger partial charge in [0.1, 0.15) is 11.6 Å². The van der Waals surface area contributed by atoms with Crippen molar-refractivity contribution in [2.45, 2.75) is 12.8 Å². The molecule has 0 bridgehead atoms. The summed E-state index contributed by atoms with van der Waals surface area (Å²) in [5.41, 5.74) is 0.587. The molecule has 0 atom stereocenters. The van der Waals surface area contributed by atoms with Crippen LogP contribution in [0.4, 0.5) is 22.0 Å². The van der Waals surface area contributed by atoms with E-state index >= 15 is 0 Å². The molecule has 0 amide bonds. The highest BCUT2D eigenvalue weighted by molar-refractivity contribution is 5.23. The number of aryl methyl sites for hydroxylation is 2. The van der Waals surface area contributed by atoms with Crippen LogP contribution in [0.25, 0.3) is 0 Å². The minimum atomic E-state index is -1.53. The van der Waals surface area contributed by atoms with E-state index in [1.165, 1.54) is 0 Å². The van der Waals surface area contributed by atoms with Crippen LogP contribution in [0.1, 0.15) is 11.1 Å². The molecule has 0 N–H and O–H groups in total. The van der Waals surface area contributed by atoms with Gasteiger partial charge >= 0.3 is 0 Å². The molecule has 0 aliphatic heterocycles. The van der Waals surface area contributed by atoms with Gasteiger partial charge in [0.15, 0.2) is 17.5 Å². The van der Waals surface area contributed by atoms with Crippen molar-refractivity contribution in [3.05, 3.63) is 70.5 Å². The Bertz CT molecular complexity index is 564. The van der Waals surface area contributed by atoms with E-state index in [1.54, 1.807) is 0 Å². The summed E-state index contributed by atoms with van der Waals surface area (Å²) in [4.78, 5) is 0. The standard InChI is InChI=1S/C14H9F5/c15-10-3-8(4-11(16)7-10)1-2-9-5-12(17)14(19)13(18)6-9/h3-7H,1-2H2. The monoisotopic (exact) mass is 272 g/mol. The Balaban J connectivity index is 2.14. The van der Waals surface area contributed by atoms with Crippen molar-refractivity contribution in [3.63, 3.8) is 0 Å². The molecular weight excluding hydrogens is 263 g/mol. The van der Waals surface area contributed by atoms with E-state index in [2.05, 4.69) is 0 Å². The predicted octanol–water partition coefficient (Wildman–Crippen LogP) is 4.17. The molecule has 0 aliphatic rings. The maximum Gasteiger partial charge on any atom is 0.194 e. The van der Waals surface area contributed by atoms with E-state index in [9.17, 15) is 22.0 Å². The van der Waals surface area contributed by atoms with Crippen LogP contribution in [-0.2, 0) is 12.8 Å². The number of hydrogen-bond donors (Lipinski definition) is 0. The molecule has 0 aromatic heterocycles. The molecule has 2 rings (SSSR count). The molecular formula is C14H9F5. The van der Waals surface area contributed by atoms with Crippen molar-refractivity contribution in [2.75, 3.05) is 0 Å². The zero-order valence-electron chi connectivity index (χ0n) is 9.69. The lowest BCUT2D eigenvalue weighted by Gasteiger charge is -2.04. The van der Waals surface area contributed by atoms with E-state index in [-0.39, 0.29) is 18.4 Å². The van der Waals surface area contributed by atoms with Crippen molar-refractivity contribution in [3.8, 4) is 0 Å². The van der Waals surface area contributed by atoms with Gasteiger partial charge in [-0.2, -0.15) is 0 Å². The maximum atomic E-state index is 13.0. The van der Waals surface area contributed by atoms with Crippen LogP contribution in [0.2, 0.25) is 0 Å². The molecule has 0 fully saturated rings. The number of halogens is 5. The molecule has 0 radical (unpaired) electrons. The Hall–Kier alpha value is -1.91. The van der Waals surface area contributed by atoms with E-state index < -0.39 is 29.1 Å². The molecule has 2 aromatic carbocycles. The molecule has 0 heterocycles. The molecule has 0 spiro atoms. The highest BCUT2D eigenvalue weighted by Gasteiger charge is 2.10. The zero-order chi connectivity index (χ0) is 14.0. The second-order valence-corrected chi connectivity index (χ2v) is 4.15. The maximum absolute atomic E-state index is 13.0. The highest BCUT2D eigenvalue weighted by atomic mass is 19.2. The number of rotatable bonds is 3. The van der Waals surface area contributed by atoms with Gasteiger partial charge in [-0.05, 0) is 48.2 Å². The van der Waals surface area contributed by atoms with E-state index in [4.69, 9.17) is 0 Å². The first-order valence-electron chi connectivity index (χ1n) is 5.54. The summed E-state index contributed by atoms with van der Waals surface area (Å²) in [7, 11) is 0. The fraction of sp³-hybridized carbons (Fsp3) is 0.143. The van der Waals surface area contributed by atoms with Crippen molar-refractivity contribution in [1.29, 1.82) is 0 Å². The van der Waals surface area contributed by atoms with Crippen molar-refractivity contribution in [2.24, 2.45) is 0 Å². The first-order chi connectivity index (χ1) is 8.95. The fourth-order valence-corrected chi connectivity index (χ4v) is 1.80. The molecule has 0 nitrogen and oxygen atoms in total. The molecule has 2 aromatic rings. The summed E-state index contributed by atoms with van der Waals surface area (Å²) in [6.07, 6.45) is 0.343. The summed E-state index contributed by atoms with van der Waals surface area (Å²) >= 11 is 0. The van der Waals surface area contributed by atoms with Gasteiger partial charge in [0.25, 0.3) is 0 Å². The average Bonchev–Trinajstić information content (AvgIpc) is 2.32. The number of benzene rings is 2. The lowest BCUT2D eigenvalue weighted by molar-refractivity contribution is 0.445. The van der Waals surface area contributed by atoms with E-state index in [0.29, 0.717) is 5.56 Å². The smallest absolute Gasteiger partial charge is 0.194 e. The summed E-state index contributed by atoms with van der Waals surface area (Å²) in [6.45, 7) is 0. The van der Waals surface area contributed by atoms with E-state index in [0.717, 1.165) is 30.3 Å². The van der Waals surface area contributed by atoms with Crippen LogP contribution >= 0.6 is 0 Å². The van der Waals surface area contributed by atoms with Gasteiger partial charge in [-0.15, -0.1) is 0 Å². The van der Waals surface area contributed by atoms with Gasteiger partial charge in [0.2, 0.25) is 0 Å². The first-order valence-corrected chi connectivity index (χ1v) is 5.54. The lowest BCUT2D eigenvalue weighted by Crippen LogP contribution is -1.98. The second kappa shape index (κ2) is 5.38. The predicted molar refractivity (Wildman–Crippen MR) is 60.1 cm³/mol. The van der Waals surface area contributed by atoms with Crippen LogP contribution in [0.5, 0.6) is 0 Å². The minimum absolute atomic E-state index is 0.150. The second-order valence-electron chi connectivity index (χ2n) is 4.15. The van der Waals surface area contributed by atoms with Crippen molar-refractivity contribution in [1.82, 2.24) is 0 Å². The summed E-state index contributed by atoms with van der Waals surface area (Å²) in [6, 6.07) is 4.75. The van der Waals surface area contributed by atoms with Gasteiger partial charge in [0, 0.05) is 6.07 Å². The first kappa shape index (κ1) is 13.5. The largest absolute Gasteiger partial charge is 0.207 e. The van der Waals surface area contributed by atoms with E-state index in [1.807, 2.05) is 0 Å². The van der Waals surface area contributed by atoms with Crippen LogP contribution < -0.4 is 0 Å². The van der Waals surface area contributed by atoms with Gasteiger partial charge in [-0.3, -0.25) is 0 Å². The average molecular weight is 272 g/mol. The van der Waals surface area contributed by atoms with Gasteiger partial charge in [0.05, 0.1) is 0 Å². The third-order valence-electron chi connectivity index (χ3n) is 2.67. The SMILES string of the molecule is Fc1cc(F)cc(CCc2cc(F)c(F)c(F)c2)c1. The molecule has 0 unspecified atom stereocenters. The van der Waals surface area contributed by atoms with Gasteiger partial charge in [-0.1, -0.05) is 0 Å². The molecule has 100 valence electrons. The van der Waals surface area contributed by atoms with Crippen LogP contribution in [0, 0.1) is 29.1 Å². The normalized spacial score (nSPS) is 10.8. The van der Waals surface area contributed by atoms with Crippen molar-refractivity contribution < 1.29 is 22.0 Å². The third-order valence-corrected chi connectivity index (χ3v) is 2.67. The van der Waals surface area contributed by atoms with Gasteiger partial charge in [-0.25, -0.2) is 22.0 Å². The Kier molecular flexibility index (Phi) is 3.83. The highest BCUT2D eigenvalue weighted by Crippen LogP contribution is 2.16. The molecule has 0 aliphatic carbocycles. The van der Waals surface area contributed by atoms with Crippen LogP contribution in [0.3, 0.4) is 0 Å². The Labute approximate surface area is 106 Å². The summed E-state index contributed by atoms with van der Waals surface area (Å²) < 4.78 is 64.5. The van der Waals surface area contributed by atoms with Gasteiger partial charge < -0.3 is 0 Å². The number of hydrogen-bond acceptors (Lipinski definition) is 0. The quantitative estimate of drug-likeness (QED) is 0.581.